The van der Waals surface area contributed by atoms with Gasteiger partial charge in [-0.25, -0.2) is 4.98 Å². The van der Waals surface area contributed by atoms with Gasteiger partial charge in [0.1, 0.15) is 22.9 Å². The van der Waals surface area contributed by atoms with E-state index in [9.17, 15) is 4.79 Å². The Morgan fingerprint density at radius 1 is 1.27 bits per heavy atom. The zero-order chi connectivity index (χ0) is 18.4. The smallest absolute Gasteiger partial charge is 0.255 e. The number of hydrogen-bond donors (Lipinski definition) is 2. The minimum atomic E-state index is -0.281. The zero-order valence-electron chi connectivity index (χ0n) is 14.8. The molecule has 1 aromatic carbocycles. The molecule has 0 aliphatic heterocycles. The molecule has 0 saturated heterocycles. The van der Waals surface area contributed by atoms with Gasteiger partial charge in [-0.3, -0.25) is 4.79 Å². The predicted molar refractivity (Wildman–Crippen MR) is 101 cm³/mol. The number of benzene rings is 1. The Kier molecular flexibility index (Phi) is 5.73. The van der Waals surface area contributed by atoms with Gasteiger partial charge in [-0.2, -0.15) is 0 Å². The molecule has 3 rings (SSSR count). The van der Waals surface area contributed by atoms with E-state index in [0.717, 1.165) is 29.6 Å². The van der Waals surface area contributed by atoms with Crippen LogP contribution in [0.4, 0.5) is 5.82 Å². The van der Waals surface area contributed by atoms with Crippen molar-refractivity contribution < 1.29 is 13.9 Å². The van der Waals surface area contributed by atoms with Gasteiger partial charge in [-0.1, -0.05) is 19.8 Å². The van der Waals surface area contributed by atoms with Crippen molar-refractivity contribution in [2.75, 3.05) is 12.3 Å². The Morgan fingerprint density at radius 3 is 2.96 bits per heavy atom. The maximum atomic E-state index is 12.2. The van der Waals surface area contributed by atoms with Crippen LogP contribution < -0.4 is 15.8 Å². The van der Waals surface area contributed by atoms with Crippen LogP contribution in [-0.4, -0.2) is 17.5 Å². The van der Waals surface area contributed by atoms with Crippen molar-refractivity contribution >= 4 is 22.7 Å². The second-order valence-electron chi connectivity index (χ2n) is 6.09. The quantitative estimate of drug-likeness (QED) is 0.599. The first-order valence-electron chi connectivity index (χ1n) is 8.81. The van der Waals surface area contributed by atoms with Gasteiger partial charge in [0.05, 0.1) is 18.7 Å². The third-order valence-electron chi connectivity index (χ3n) is 4.07. The van der Waals surface area contributed by atoms with Crippen LogP contribution in [-0.2, 0) is 6.54 Å². The molecular formula is C20H23N3O3. The first kappa shape index (κ1) is 17.8. The monoisotopic (exact) mass is 353 g/mol. The summed E-state index contributed by atoms with van der Waals surface area (Å²) in [5.41, 5.74) is 6.81. The topological polar surface area (TPSA) is 90.4 Å². The molecule has 0 atom stereocenters. The van der Waals surface area contributed by atoms with Gasteiger partial charge >= 0.3 is 0 Å². The number of nitrogens with one attached hydrogen (secondary N) is 1. The van der Waals surface area contributed by atoms with Crippen molar-refractivity contribution in [1.29, 1.82) is 0 Å². The molecule has 6 heteroatoms. The van der Waals surface area contributed by atoms with Gasteiger partial charge in [0.2, 0.25) is 0 Å². The summed E-state index contributed by atoms with van der Waals surface area (Å²) in [6.45, 7) is 3.14. The van der Waals surface area contributed by atoms with Crippen molar-refractivity contribution in [3.8, 4) is 5.75 Å². The predicted octanol–water partition coefficient (Wildman–Crippen LogP) is 3.91. The van der Waals surface area contributed by atoms with Gasteiger partial charge < -0.3 is 20.2 Å². The van der Waals surface area contributed by atoms with E-state index in [0.29, 0.717) is 17.9 Å². The number of nitrogens with zero attached hydrogens (tertiary/aromatic N) is 1. The summed E-state index contributed by atoms with van der Waals surface area (Å²) in [5.74, 6) is 1.39. The Hall–Kier alpha value is -3.02. The van der Waals surface area contributed by atoms with Gasteiger partial charge in [-0.15, -0.1) is 0 Å². The molecular weight excluding hydrogens is 330 g/mol. The summed E-state index contributed by atoms with van der Waals surface area (Å²) in [4.78, 5) is 16.1. The van der Waals surface area contributed by atoms with Crippen molar-refractivity contribution in [2.45, 2.75) is 32.7 Å². The van der Waals surface area contributed by atoms with Crippen molar-refractivity contribution in [2.24, 2.45) is 0 Å². The second kappa shape index (κ2) is 8.38. The van der Waals surface area contributed by atoms with E-state index in [-0.39, 0.29) is 18.3 Å². The van der Waals surface area contributed by atoms with Gasteiger partial charge in [-0.05, 0) is 36.8 Å². The number of fused-ring (bicyclic) bond motifs is 1. The van der Waals surface area contributed by atoms with Crippen LogP contribution in [0.1, 0.15) is 42.3 Å². The fraction of sp³-hybridized carbons (Fsp3) is 0.300. The number of nitrogens with two attached hydrogens (primary N) is 1. The molecule has 3 N–H and O–H groups in total. The first-order valence-corrected chi connectivity index (χ1v) is 8.81. The number of rotatable bonds is 8. The normalized spacial score (nSPS) is 10.8. The number of ether oxygens (including phenoxy) is 1. The highest BCUT2D eigenvalue weighted by Crippen LogP contribution is 2.24. The van der Waals surface area contributed by atoms with E-state index in [1.807, 2.05) is 24.3 Å². The molecule has 0 radical (unpaired) electrons. The number of furan rings is 1. The van der Waals surface area contributed by atoms with Crippen molar-refractivity contribution in [1.82, 2.24) is 10.3 Å². The molecule has 136 valence electrons. The highest BCUT2D eigenvalue weighted by atomic mass is 16.5. The Labute approximate surface area is 152 Å². The molecule has 26 heavy (non-hydrogen) atoms. The van der Waals surface area contributed by atoms with Gasteiger partial charge in [0.25, 0.3) is 5.91 Å². The molecule has 0 unspecified atom stereocenters. The number of hydrogen-bond acceptors (Lipinski definition) is 5. The molecule has 0 spiro atoms. The standard InChI is InChI=1S/C20H23N3O3/c1-2-3-4-10-25-15-8-7-14-11-16(26-18(14)12-15)13-23-20(24)17-6-5-9-22-19(17)21/h5-9,11-12H,2-4,10,13H2,1H3,(H2,21,22)(H,23,24). The lowest BCUT2D eigenvalue weighted by Gasteiger charge is -2.05. The minimum absolute atomic E-state index is 0.208. The van der Waals surface area contributed by atoms with Crippen LogP contribution in [0.25, 0.3) is 11.0 Å². The Balaban J connectivity index is 1.62. The largest absolute Gasteiger partial charge is 0.493 e. The van der Waals surface area contributed by atoms with Crippen LogP contribution in [0.15, 0.2) is 47.0 Å². The van der Waals surface area contributed by atoms with Gasteiger partial charge in [0, 0.05) is 17.6 Å². The third kappa shape index (κ3) is 4.33. The summed E-state index contributed by atoms with van der Waals surface area (Å²) < 4.78 is 11.6. The number of anilines is 1. The number of nitrogen functional groups attached to an aromatic ring is 1. The minimum Gasteiger partial charge on any atom is -0.493 e. The van der Waals surface area contributed by atoms with E-state index < -0.39 is 0 Å². The zero-order valence-corrected chi connectivity index (χ0v) is 14.8. The van der Waals surface area contributed by atoms with Crippen LogP contribution in [0.3, 0.4) is 0 Å². The van der Waals surface area contributed by atoms with Crippen molar-refractivity contribution in [3.05, 3.63) is 53.9 Å². The number of amides is 1. The van der Waals surface area contributed by atoms with Crippen LogP contribution in [0.2, 0.25) is 0 Å². The Morgan fingerprint density at radius 2 is 2.15 bits per heavy atom. The molecule has 0 aliphatic rings. The molecule has 0 saturated carbocycles. The molecule has 2 heterocycles. The maximum Gasteiger partial charge on any atom is 0.255 e. The molecule has 0 aliphatic carbocycles. The number of carbonyl (C=O) groups is 1. The molecule has 3 aromatic rings. The lowest BCUT2D eigenvalue weighted by molar-refractivity contribution is 0.0949. The SMILES string of the molecule is CCCCCOc1ccc2cc(CNC(=O)c3cccnc3N)oc2c1. The fourth-order valence-corrected chi connectivity index (χ4v) is 2.66. The second-order valence-corrected chi connectivity index (χ2v) is 6.09. The van der Waals surface area contributed by atoms with E-state index in [1.54, 1.807) is 18.3 Å². The maximum absolute atomic E-state index is 12.2. The van der Waals surface area contributed by atoms with Crippen LogP contribution in [0, 0.1) is 0 Å². The average Bonchev–Trinajstić information content (AvgIpc) is 3.06. The van der Waals surface area contributed by atoms with Crippen molar-refractivity contribution in [3.63, 3.8) is 0 Å². The average molecular weight is 353 g/mol. The molecule has 2 aromatic heterocycles. The molecule has 0 bridgehead atoms. The molecule has 0 fully saturated rings. The lowest BCUT2D eigenvalue weighted by Crippen LogP contribution is -2.23. The van der Waals surface area contributed by atoms with Crippen LogP contribution in [0.5, 0.6) is 5.75 Å². The number of aromatic nitrogens is 1. The fourth-order valence-electron chi connectivity index (χ4n) is 2.66. The summed E-state index contributed by atoms with van der Waals surface area (Å²) >= 11 is 0. The summed E-state index contributed by atoms with van der Waals surface area (Å²) in [6.07, 6.45) is 4.92. The summed E-state index contributed by atoms with van der Waals surface area (Å²) in [5, 5.41) is 3.76. The van der Waals surface area contributed by atoms with E-state index in [1.165, 1.54) is 6.42 Å². The highest BCUT2D eigenvalue weighted by Gasteiger charge is 2.11. The molecule has 1 amide bonds. The number of unbranched alkanes of at least 4 members (excludes halogenated alkanes) is 2. The van der Waals surface area contributed by atoms with Gasteiger partial charge in [0.15, 0.2) is 0 Å². The van der Waals surface area contributed by atoms with E-state index in [4.69, 9.17) is 14.9 Å². The Bertz CT molecular complexity index is 889. The first-order chi connectivity index (χ1) is 12.7. The van der Waals surface area contributed by atoms with E-state index in [2.05, 4.69) is 17.2 Å². The van der Waals surface area contributed by atoms with Crippen LogP contribution >= 0.6 is 0 Å². The summed E-state index contributed by atoms with van der Waals surface area (Å²) in [6, 6.07) is 11.0. The molecule has 6 nitrogen and oxygen atoms in total. The summed E-state index contributed by atoms with van der Waals surface area (Å²) in [7, 11) is 0. The third-order valence-corrected chi connectivity index (χ3v) is 4.07. The van der Waals surface area contributed by atoms with E-state index >= 15 is 0 Å². The number of pyridine rings is 1. The lowest BCUT2D eigenvalue weighted by atomic mass is 10.2. The highest BCUT2D eigenvalue weighted by molar-refractivity contribution is 5.98. The number of carbonyl (C=O) groups excluding carboxylic acids is 1.